The van der Waals surface area contributed by atoms with Crippen molar-refractivity contribution in [3.05, 3.63) is 58.1 Å². The number of rotatable bonds is 7. The summed E-state index contributed by atoms with van der Waals surface area (Å²) in [6.07, 6.45) is 0. The second-order valence-electron chi connectivity index (χ2n) is 5.45. The van der Waals surface area contributed by atoms with Gasteiger partial charge in [-0.15, -0.1) is 0 Å². The molecule has 0 heterocycles. The van der Waals surface area contributed by atoms with Crippen molar-refractivity contribution in [3.63, 3.8) is 0 Å². The Kier molecular flexibility index (Phi) is 7.47. The Hall–Kier alpha value is -2.75. The van der Waals surface area contributed by atoms with E-state index in [0.29, 0.717) is 33.6 Å². The third kappa shape index (κ3) is 5.61. The van der Waals surface area contributed by atoms with Crippen molar-refractivity contribution in [1.29, 1.82) is 5.26 Å². The number of nitrogens with one attached hydrogen (secondary N) is 1. The first kappa shape index (κ1) is 20.6. The number of halogens is 2. The molecule has 140 valence electrons. The summed E-state index contributed by atoms with van der Waals surface area (Å²) in [5.41, 5.74) is 0.632. The summed E-state index contributed by atoms with van der Waals surface area (Å²) in [6.45, 7) is 1.59. The molecule has 1 N–H and O–H groups in total. The number of anilines is 1. The van der Waals surface area contributed by atoms with Crippen LogP contribution < -0.4 is 10.1 Å². The van der Waals surface area contributed by atoms with Crippen LogP contribution in [0, 0.1) is 11.3 Å². The van der Waals surface area contributed by atoms with Crippen LogP contribution in [0.1, 0.15) is 12.5 Å². The first-order chi connectivity index (χ1) is 13.0. The molecule has 0 atom stereocenters. The summed E-state index contributed by atoms with van der Waals surface area (Å²) in [5, 5.41) is 12.3. The molecule has 2 rings (SSSR count). The minimum Gasteiger partial charge on any atom is -0.482 e. The number of carbonyl (C=O) groups is 2. The van der Waals surface area contributed by atoms with Crippen LogP contribution >= 0.6 is 23.2 Å². The Morgan fingerprint density at radius 2 is 1.81 bits per heavy atom. The Labute approximate surface area is 167 Å². The minimum absolute atomic E-state index is 0.180. The minimum atomic E-state index is -0.433. The molecule has 0 fully saturated rings. The molecule has 2 aromatic carbocycles. The summed E-state index contributed by atoms with van der Waals surface area (Å²) in [7, 11) is 0. The lowest BCUT2D eigenvalue weighted by Gasteiger charge is -2.21. The number of nitriles is 1. The van der Waals surface area contributed by atoms with Crippen LogP contribution in [0.15, 0.2) is 42.5 Å². The van der Waals surface area contributed by atoms with E-state index in [2.05, 4.69) is 5.32 Å². The average Bonchev–Trinajstić information content (AvgIpc) is 2.67. The molecule has 0 unspecified atom stereocenters. The molecule has 0 aliphatic rings. The van der Waals surface area contributed by atoms with E-state index < -0.39 is 5.91 Å². The van der Waals surface area contributed by atoms with Crippen molar-refractivity contribution in [3.8, 4) is 11.8 Å². The van der Waals surface area contributed by atoms with Gasteiger partial charge in [0, 0.05) is 6.54 Å². The molecular formula is C19H17Cl2N3O3. The van der Waals surface area contributed by atoms with Gasteiger partial charge in [-0.3, -0.25) is 9.59 Å². The van der Waals surface area contributed by atoms with Crippen LogP contribution in [-0.4, -0.2) is 36.4 Å². The van der Waals surface area contributed by atoms with E-state index in [9.17, 15) is 9.59 Å². The highest BCUT2D eigenvalue weighted by Gasteiger charge is 2.18. The molecule has 6 nitrogen and oxygen atoms in total. The zero-order chi connectivity index (χ0) is 19.8. The predicted molar refractivity (Wildman–Crippen MR) is 104 cm³/mol. The van der Waals surface area contributed by atoms with E-state index in [1.54, 1.807) is 49.4 Å². The SMILES string of the molecule is CCN(CC(=O)Nc1c(Cl)cccc1Cl)C(=O)COc1ccccc1C#N. The molecule has 0 radical (unpaired) electrons. The lowest BCUT2D eigenvalue weighted by Crippen LogP contribution is -2.40. The van der Waals surface area contributed by atoms with Crippen molar-refractivity contribution < 1.29 is 14.3 Å². The first-order valence-corrected chi connectivity index (χ1v) is 8.85. The number of hydrogen-bond acceptors (Lipinski definition) is 4. The van der Waals surface area contributed by atoms with Gasteiger partial charge in [-0.2, -0.15) is 5.26 Å². The highest BCUT2D eigenvalue weighted by Crippen LogP contribution is 2.29. The van der Waals surface area contributed by atoms with Crippen LogP contribution in [-0.2, 0) is 9.59 Å². The van der Waals surface area contributed by atoms with Gasteiger partial charge >= 0.3 is 0 Å². The molecule has 0 saturated carbocycles. The molecular weight excluding hydrogens is 389 g/mol. The normalized spacial score (nSPS) is 10.0. The number of amides is 2. The van der Waals surface area contributed by atoms with Gasteiger partial charge in [-0.25, -0.2) is 0 Å². The molecule has 27 heavy (non-hydrogen) atoms. The van der Waals surface area contributed by atoms with Crippen LogP contribution in [0.4, 0.5) is 5.69 Å². The van der Waals surface area contributed by atoms with Crippen molar-refractivity contribution in [2.75, 3.05) is 25.0 Å². The lowest BCUT2D eigenvalue weighted by molar-refractivity contribution is -0.136. The monoisotopic (exact) mass is 405 g/mol. The molecule has 0 aromatic heterocycles. The fraction of sp³-hybridized carbons (Fsp3) is 0.211. The second kappa shape index (κ2) is 9.81. The van der Waals surface area contributed by atoms with Gasteiger partial charge in [0.05, 0.1) is 27.8 Å². The maximum atomic E-state index is 12.4. The van der Waals surface area contributed by atoms with E-state index in [1.165, 1.54) is 4.90 Å². The molecule has 0 bridgehead atoms. The molecule has 0 aliphatic carbocycles. The van der Waals surface area contributed by atoms with Gasteiger partial charge in [0.15, 0.2) is 6.61 Å². The van der Waals surface area contributed by atoms with Gasteiger partial charge in [-0.05, 0) is 31.2 Å². The smallest absolute Gasteiger partial charge is 0.260 e. The highest BCUT2D eigenvalue weighted by atomic mass is 35.5. The fourth-order valence-corrected chi connectivity index (χ4v) is 2.75. The van der Waals surface area contributed by atoms with Crippen LogP contribution in [0.2, 0.25) is 10.0 Å². The number of carbonyl (C=O) groups excluding carboxylic acids is 2. The van der Waals surface area contributed by atoms with Gasteiger partial charge in [-0.1, -0.05) is 41.4 Å². The van der Waals surface area contributed by atoms with Crippen molar-refractivity contribution in [1.82, 2.24) is 4.90 Å². The quantitative estimate of drug-likeness (QED) is 0.760. The summed E-state index contributed by atoms with van der Waals surface area (Å²) in [4.78, 5) is 25.9. The molecule has 2 amide bonds. The van der Waals surface area contributed by atoms with Gasteiger partial charge in [0.1, 0.15) is 11.8 Å². The lowest BCUT2D eigenvalue weighted by atomic mass is 10.2. The van der Waals surface area contributed by atoms with Crippen LogP contribution in [0.25, 0.3) is 0 Å². The van der Waals surface area contributed by atoms with Gasteiger partial charge in [0.2, 0.25) is 5.91 Å². The van der Waals surface area contributed by atoms with E-state index in [-0.39, 0.29) is 19.1 Å². The molecule has 0 spiro atoms. The zero-order valence-corrected chi connectivity index (χ0v) is 16.0. The number of benzene rings is 2. The number of hydrogen-bond donors (Lipinski definition) is 1. The topological polar surface area (TPSA) is 82.4 Å². The summed E-state index contributed by atoms with van der Waals surface area (Å²) < 4.78 is 5.42. The Bertz CT molecular complexity index is 860. The summed E-state index contributed by atoms with van der Waals surface area (Å²) >= 11 is 12.1. The number of nitrogens with zero attached hydrogens (tertiary/aromatic N) is 2. The fourth-order valence-electron chi connectivity index (χ4n) is 2.26. The van der Waals surface area contributed by atoms with E-state index in [1.807, 2.05) is 6.07 Å². The predicted octanol–water partition coefficient (Wildman–Crippen LogP) is 3.73. The van der Waals surface area contributed by atoms with E-state index in [0.717, 1.165) is 0 Å². The van der Waals surface area contributed by atoms with Gasteiger partial charge < -0.3 is 15.0 Å². The Morgan fingerprint density at radius 1 is 1.15 bits per heavy atom. The number of para-hydroxylation sites is 2. The van der Waals surface area contributed by atoms with Crippen molar-refractivity contribution in [2.45, 2.75) is 6.92 Å². The molecule has 0 saturated heterocycles. The Balaban J connectivity index is 1.96. The molecule has 0 aliphatic heterocycles. The third-order valence-corrected chi connectivity index (χ3v) is 4.28. The van der Waals surface area contributed by atoms with Crippen molar-refractivity contribution in [2.24, 2.45) is 0 Å². The largest absolute Gasteiger partial charge is 0.482 e. The standard InChI is InChI=1S/C19H17Cl2N3O3/c1-2-24(11-17(25)23-19-14(20)7-5-8-15(19)21)18(26)12-27-16-9-4-3-6-13(16)10-22/h3-9H,2,11-12H2,1H3,(H,23,25). The molecule has 8 heteroatoms. The number of ether oxygens (including phenoxy) is 1. The first-order valence-electron chi connectivity index (χ1n) is 8.09. The van der Waals surface area contributed by atoms with Crippen LogP contribution in [0.3, 0.4) is 0 Å². The van der Waals surface area contributed by atoms with E-state index >= 15 is 0 Å². The third-order valence-electron chi connectivity index (χ3n) is 3.65. The highest BCUT2D eigenvalue weighted by molar-refractivity contribution is 6.39. The maximum Gasteiger partial charge on any atom is 0.260 e. The zero-order valence-electron chi connectivity index (χ0n) is 14.5. The number of likely N-dealkylation sites (N-methyl/N-ethyl adjacent to an activating group) is 1. The maximum absolute atomic E-state index is 12.4. The average molecular weight is 406 g/mol. The second-order valence-corrected chi connectivity index (χ2v) is 6.26. The van der Waals surface area contributed by atoms with E-state index in [4.69, 9.17) is 33.2 Å². The Morgan fingerprint density at radius 3 is 2.44 bits per heavy atom. The summed E-state index contributed by atoms with van der Waals surface area (Å²) in [5.74, 6) is -0.500. The summed E-state index contributed by atoms with van der Waals surface area (Å²) in [6, 6.07) is 13.5. The molecule has 2 aromatic rings. The van der Waals surface area contributed by atoms with Crippen LogP contribution in [0.5, 0.6) is 5.75 Å². The van der Waals surface area contributed by atoms with Gasteiger partial charge in [0.25, 0.3) is 5.91 Å². The van der Waals surface area contributed by atoms with Crippen molar-refractivity contribution >= 4 is 40.7 Å².